The molecule has 0 saturated carbocycles. The van der Waals surface area contributed by atoms with Crippen molar-refractivity contribution in [3.8, 4) is 0 Å². The van der Waals surface area contributed by atoms with Crippen LogP contribution in [0.2, 0.25) is 0 Å². The highest BCUT2D eigenvalue weighted by atomic mass is 127. The zero-order chi connectivity index (χ0) is 9.42. The number of hydrogen-bond acceptors (Lipinski definition) is 4. The predicted molar refractivity (Wildman–Crippen MR) is 58.0 cm³/mol. The summed E-state index contributed by atoms with van der Waals surface area (Å²) in [5.74, 6) is -0.00263. The summed E-state index contributed by atoms with van der Waals surface area (Å²) in [7, 11) is 0. The maximum atomic E-state index is 11.2. The monoisotopic (exact) mass is 309 g/mol. The van der Waals surface area contributed by atoms with Gasteiger partial charge in [0.05, 0.1) is 21.0 Å². The summed E-state index contributed by atoms with van der Waals surface area (Å²) in [6, 6.07) is 0.0287. The van der Waals surface area contributed by atoms with Gasteiger partial charge < -0.3 is 0 Å². The molecule has 6 heteroatoms. The van der Waals surface area contributed by atoms with E-state index >= 15 is 0 Å². The lowest BCUT2D eigenvalue weighted by atomic mass is 10.1. The van der Waals surface area contributed by atoms with Gasteiger partial charge in [0.25, 0.3) is 0 Å². The summed E-state index contributed by atoms with van der Waals surface area (Å²) in [5, 5.41) is 0.968. The molecule has 2 atom stereocenters. The molecule has 1 amide bonds. The number of hydrazine groups is 1. The van der Waals surface area contributed by atoms with Crippen LogP contribution in [0.25, 0.3) is 0 Å². The van der Waals surface area contributed by atoms with E-state index in [4.69, 9.17) is 0 Å². The third-order valence-electron chi connectivity index (χ3n) is 2.03. The molecule has 1 saturated heterocycles. The number of carbonyl (C=O) groups excluding carboxylic acids is 1. The third kappa shape index (κ3) is 1.70. The van der Waals surface area contributed by atoms with Crippen LogP contribution in [0.1, 0.15) is 18.0 Å². The predicted octanol–water partition coefficient (Wildman–Crippen LogP) is 1.06. The fourth-order valence-electron chi connectivity index (χ4n) is 1.23. The first-order valence-corrected chi connectivity index (χ1v) is 5.74. The van der Waals surface area contributed by atoms with Crippen LogP contribution in [-0.4, -0.2) is 10.9 Å². The molecular weight excluding hydrogens is 301 g/mol. The Morgan fingerprint density at radius 2 is 2.46 bits per heavy atom. The second-order valence-electron chi connectivity index (χ2n) is 2.90. The molecule has 4 nitrogen and oxygen atoms in total. The molecule has 1 aliphatic rings. The minimum atomic E-state index is -0.0399. The standard InChI is InChI=1S/C7H8IN3OS/c1-3-5(10-11-6(3)12)7-9-2-4(8)13-7/h2-3,5,10H,1H3,(H,11,12). The summed E-state index contributed by atoms with van der Waals surface area (Å²) in [6.07, 6.45) is 1.82. The van der Waals surface area contributed by atoms with E-state index in [2.05, 4.69) is 38.4 Å². The lowest BCUT2D eigenvalue weighted by molar-refractivity contribution is -0.122. The number of amides is 1. The minimum absolute atomic E-state index is 0.0287. The number of halogens is 1. The minimum Gasteiger partial charge on any atom is -0.291 e. The fourth-order valence-corrected chi connectivity index (χ4v) is 2.84. The molecule has 0 aliphatic carbocycles. The molecule has 1 aromatic rings. The van der Waals surface area contributed by atoms with E-state index in [1.807, 2.05) is 13.1 Å². The molecule has 2 unspecified atom stereocenters. The zero-order valence-electron chi connectivity index (χ0n) is 6.87. The van der Waals surface area contributed by atoms with Crippen LogP contribution in [0.4, 0.5) is 0 Å². The van der Waals surface area contributed by atoms with Crippen molar-refractivity contribution in [2.75, 3.05) is 0 Å². The number of thiazole rings is 1. The molecule has 13 heavy (non-hydrogen) atoms. The molecule has 0 radical (unpaired) electrons. The summed E-state index contributed by atoms with van der Waals surface area (Å²) in [5.41, 5.74) is 5.53. The van der Waals surface area contributed by atoms with Gasteiger partial charge in [-0.25, -0.2) is 10.4 Å². The Kier molecular flexibility index (Phi) is 2.52. The fraction of sp³-hybridized carbons (Fsp3) is 0.429. The number of nitrogens with one attached hydrogen (secondary N) is 2. The van der Waals surface area contributed by atoms with Crippen LogP contribution in [0, 0.1) is 8.80 Å². The summed E-state index contributed by atoms with van der Waals surface area (Å²) < 4.78 is 1.14. The SMILES string of the molecule is CC1C(=O)NNC1c1ncc(I)s1. The maximum Gasteiger partial charge on any atom is 0.239 e. The van der Waals surface area contributed by atoms with Crippen LogP contribution in [0.5, 0.6) is 0 Å². The number of hydrogen-bond donors (Lipinski definition) is 2. The van der Waals surface area contributed by atoms with E-state index in [0.717, 1.165) is 7.89 Å². The van der Waals surface area contributed by atoms with E-state index in [9.17, 15) is 4.79 Å². The van der Waals surface area contributed by atoms with Crippen molar-refractivity contribution in [2.45, 2.75) is 13.0 Å². The topological polar surface area (TPSA) is 54.0 Å². The Hall–Kier alpha value is -0.210. The average Bonchev–Trinajstić information content (AvgIpc) is 2.62. The molecular formula is C7H8IN3OS. The van der Waals surface area contributed by atoms with Crippen molar-refractivity contribution in [1.29, 1.82) is 0 Å². The Labute approximate surface area is 93.2 Å². The zero-order valence-corrected chi connectivity index (χ0v) is 9.85. The number of carbonyl (C=O) groups is 1. The van der Waals surface area contributed by atoms with Gasteiger partial charge in [0.1, 0.15) is 5.01 Å². The summed E-state index contributed by atoms with van der Waals surface area (Å²) in [4.78, 5) is 15.4. The molecule has 1 aromatic heterocycles. The lowest BCUT2D eigenvalue weighted by Gasteiger charge is -2.07. The quantitative estimate of drug-likeness (QED) is 0.763. The molecule has 2 heterocycles. The van der Waals surface area contributed by atoms with Gasteiger partial charge in [0.2, 0.25) is 5.91 Å². The second-order valence-corrected chi connectivity index (χ2v) is 5.86. The molecule has 1 aliphatic heterocycles. The first kappa shape index (κ1) is 9.35. The van der Waals surface area contributed by atoms with Gasteiger partial charge in [-0.1, -0.05) is 6.92 Å². The van der Waals surface area contributed by atoms with Crippen molar-refractivity contribution in [2.24, 2.45) is 5.92 Å². The molecule has 0 spiro atoms. The summed E-state index contributed by atoms with van der Waals surface area (Å²) >= 11 is 3.83. The highest BCUT2D eigenvalue weighted by Gasteiger charge is 2.33. The molecule has 70 valence electrons. The highest BCUT2D eigenvalue weighted by Crippen LogP contribution is 2.28. The van der Waals surface area contributed by atoms with E-state index in [0.29, 0.717) is 0 Å². The van der Waals surface area contributed by atoms with E-state index in [1.54, 1.807) is 11.3 Å². The van der Waals surface area contributed by atoms with E-state index in [1.165, 1.54) is 0 Å². The van der Waals surface area contributed by atoms with E-state index in [-0.39, 0.29) is 17.9 Å². The number of nitrogens with zero attached hydrogens (tertiary/aromatic N) is 1. The molecule has 2 N–H and O–H groups in total. The van der Waals surface area contributed by atoms with Crippen molar-refractivity contribution in [1.82, 2.24) is 15.8 Å². The van der Waals surface area contributed by atoms with Gasteiger partial charge in [-0.2, -0.15) is 0 Å². The van der Waals surface area contributed by atoms with Crippen LogP contribution < -0.4 is 10.9 Å². The molecule has 0 bridgehead atoms. The van der Waals surface area contributed by atoms with Gasteiger partial charge in [-0.15, -0.1) is 11.3 Å². The molecule has 0 aromatic carbocycles. The maximum absolute atomic E-state index is 11.2. The second kappa shape index (κ2) is 3.50. The van der Waals surface area contributed by atoms with Crippen LogP contribution in [-0.2, 0) is 4.79 Å². The first-order chi connectivity index (χ1) is 6.18. The number of aromatic nitrogens is 1. The van der Waals surface area contributed by atoms with Crippen molar-refractivity contribution < 1.29 is 4.79 Å². The lowest BCUT2D eigenvalue weighted by Crippen LogP contribution is -2.27. The molecule has 1 fully saturated rings. The van der Waals surface area contributed by atoms with Crippen molar-refractivity contribution in [3.63, 3.8) is 0 Å². The Balaban J connectivity index is 2.23. The first-order valence-electron chi connectivity index (χ1n) is 3.85. The van der Waals surface area contributed by atoms with Gasteiger partial charge in [-0.05, 0) is 22.6 Å². The highest BCUT2D eigenvalue weighted by molar-refractivity contribution is 14.1. The van der Waals surface area contributed by atoms with Crippen LogP contribution in [0.15, 0.2) is 6.20 Å². The smallest absolute Gasteiger partial charge is 0.239 e. The Morgan fingerprint density at radius 1 is 1.69 bits per heavy atom. The normalized spacial score (nSPS) is 27.7. The number of rotatable bonds is 1. The van der Waals surface area contributed by atoms with E-state index < -0.39 is 0 Å². The molecule has 2 rings (SSSR count). The van der Waals surface area contributed by atoms with Crippen molar-refractivity contribution >= 4 is 39.8 Å². The Bertz CT molecular complexity index is 340. The van der Waals surface area contributed by atoms with Gasteiger partial charge in [-0.3, -0.25) is 10.2 Å². The van der Waals surface area contributed by atoms with Crippen LogP contribution >= 0.6 is 33.9 Å². The summed E-state index contributed by atoms with van der Waals surface area (Å²) in [6.45, 7) is 1.90. The third-order valence-corrected chi connectivity index (χ3v) is 3.83. The van der Waals surface area contributed by atoms with Crippen LogP contribution in [0.3, 0.4) is 0 Å². The largest absolute Gasteiger partial charge is 0.291 e. The Morgan fingerprint density at radius 3 is 2.92 bits per heavy atom. The van der Waals surface area contributed by atoms with Gasteiger partial charge in [0.15, 0.2) is 0 Å². The average molecular weight is 309 g/mol. The van der Waals surface area contributed by atoms with Crippen molar-refractivity contribution in [3.05, 3.63) is 14.1 Å². The van der Waals surface area contributed by atoms with Gasteiger partial charge >= 0.3 is 0 Å². The van der Waals surface area contributed by atoms with Gasteiger partial charge in [0, 0.05) is 0 Å².